The van der Waals surface area contributed by atoms with E-state index in [0.717, 1.165) is 5.56 Å². The number of hydrogen-bond acceptors (Lipinski definition) is 5. The number of para-hydroxylation sites is 1. The van der Waals surface area contributed by atoms with E-state index in [9.17, 15) is 24.6 Å². The van der Waals surface area contributed by atoms with E-state index in [1.54, 1.807) is 25.1 Å². The average Bonchev–Trinajstić information content (AvgIpc) is 3.33. The van der Waals surface area contributed by atoms with Crippen LogP contribution in [0.1, 0.15) is 46.1 Å². The Labute approximate surface area is 223 Å². The Morgan fingerprint density at radius 1 is 1.38 bits per heavy atom. The number of halogens is 1. The molecule has 1 aromatic rings. The summed E-state index contributed by atoms with van der Waals surface area (Å²) in [4.78, 5) is 44.3. The van der Waals surface area contributed by atoms with Crippen molar-refractivity contribution in [1.29, 1.82) is 0 Å². The molecule has 3 unspecified atom stereocenters. The van der Waals surface area contributed by atoms with E-state index in [-0.39, 0.29) is 25.0 Å². The van der Waals surface area contributed by atoms with Crippen molar-refractivity contribution in [3.8, 4) is 0 Å². The van der Waals surface area contributed by atoms with Gasteiger partial charge in [0.2, 0.25) is 5.91 Å². The van der Waals surface area contributed by atoms with Crippen molar-refractivity contribution < 1.29 is 29.3 Å². The number of ether oxygens (including phenoxy) is 1. The van der Waals surface area contributed by atoms with Gasteiger partial charge in [-0.3, -0.25) is 14.4 Å². The van der Waals surface area contributed by atoms with Crippen molar-refractivity contribution in [2.75, 3.05) is 18.1 Å². The molecule has 2 bridgehead atoms. The number of hydrogen-bond donors (Lipinski definition) is 2. The van der Waals surface area contributed by atoms with Crippen LogP contribution in [0.2, 0.25) is 5.02 Å². The van der Waals surface area contributed by atoms with Crippen LogP contribution >= 0.6 is 11.6 Å². The van der Waals surface area contributed by atoms with Crippen LogP contribution in [-0.2, 0) is 19.1 Å². The number of fused-ring (bicyclic) bond motifs is 1. The van der Waals surface area contributed by atoms with E-state index in [4.69, 9.17) is 16.3 Å². The van der Waals surface area contributed by atoms with Crippen LogP contribution in [0.25, 0.3) is 0 Å². The minimum atomic E-state index is -1.33. The molecule has 3 aliphatic heterocycles. The van der Waals surface area contributed by atoms with Gasteiger partial charge in [0.05, 0.1) is 34.9 Å². The van der Waals surface area contributed by atoms with Gasteiger partial charge in [-0.1, -0.05) is 50.6 Å². The minimum Gasteiger partial charge on any atom is -0.481 e. The van der Waals surface area contributed by atoms with Gasteiger partial charge in [-0.05, 0) is 50.2 Å². The SMILES string of the molecule is C=CCN(C(=O)C1N([C@@H](CO)CC(C)C)C(=O)[C@@H]2[C@@H](C(=O)O)[C@]3(C)OC12CC3C)c1c(C)cccc1Cl. The second-order valence-corrected chi connectivity index (χ2v) is 11.8. The topological polar surface area (TPSA) is 107 Å². The van der Waals surface area contributed by atoms with Gasteiger partial charge in [0.1, 0.15) is 17.6 Å². The summed E-state index contributed by atoms with van der Waals surface area (Å²) in [5.41, 5.74) is -1.14. The average molecular weight is 533 g/mol. The lowest BCUT2D eigenvalue weighted by atomic mass is 9.62. The second-order valence-electron chi connectivity index (χ2n) is 11.4. The van der Waals surface area contributed by atoms with E-state index >= 15 is 0 Å². The van der Waals surface area contributed by atoms with Gasteiger partial charge in [0.15, 0.2) is 0 Å². The summed E-state index contributed by atoms with van der Waals surface area (Å²) in [6.07, 6.45) is 2.40. The zero-order chi connectivity index (χ0) is 27.4. The molecule has 2 N–H and O–H groups in total. The van der Waals surface area contributed by atoms with E-state index in [1.165, 1.54) is 9.80 Å². The summed E-state index contributed by atoms with van der Waals surface area (Å²) in [6, 6.07) is 3.55. The first-order chi connectivity index (χ1) is 17.4. The number of aliphatic hydroxyl groups is 1. The van der Waals surface area contributed by atoms with Gasteiger partial charge in [-0.15, -0.1) is 6.58 Å². The van der Waals surface area contributed by atoms with Crippen LogP contribution in [0.15, 0.2) is 30.9 Å². The van der Waals surface area contributed by atoms with E-state index in [1.807, 2.05) is 33.8 Å². The number of benzene rings is 1. The fourth-order valence-corrected chi connectivity index (χ4v) is 7.40. The number of carbonyl (C=O) groups is 3. The molecule has 0 aliphatic carbocycles. The van der Waals surface area contributed by atoms with E-state index in [0.29, 0.717) is 23.6 Å². The summed E-state index contributed by atoms with van der Waals surface area (Å²) < 4.78 is 6.58. The first kappa shape index (κ1) is 27.6. The van der Waals surface area contributed by atoms with E-state index in [2.05, 4.69) is 6.58 Å². The summed E-state index contributed by atoms with van der Waals surface area (Å²) in [5, 5.41) is 21.0. The van der Waals surface area contributed by atoms with Crippen molar-refractivity contribution in [1.82, 2.24) is 4.90 Å². The first-order valence-corrected chi connectivity index (χ1v) is 13.3. The molecule has 4 rings (SSSR count). The first-order valence-electron chi connectivity index (χ1n) is 12.9. The summed E-state index contributed by atoms with van der Waals surface area (Å²) in [5.74, 6) is -4.18. The third-order valence-electron chi connectivity index (χ3n) is 8.64. The third kappa shape index (κ3) is 3.99. The van der Waals surface area contributed by atoms with Crippen molar-refractivity contribution in [3.05, 3.63) is 41.4 Å². The Morgan fingerprint density at radius 3 is 2.59 bits per heavy atom. The molecule has 3 saturated heterocycles. The largest absolute Gasteiger partial charge is 0.481 e. The normalized spacial score (nSPS) is 33.1. The van der Waals surface area contributed by atoms with Crippen LogP contribution < -0.4 is 4.90 Å². The molecule has 2 amide bonds. The van der Waals surface area contributed by atoms with Gasteiger partial charge >= 0.3 is 5.97 Å². The van der Waals surface area contributed by atoms with Crippen LogP contribution in [0, 0.1) is 30.6 Å². The molecule has 202 valence electrons. The fourth-order valence-electron chi connectivity index (χ4n) is 7.08. The molecule has 8 nitrogen and oxygen atoms in total. The Hall–Kier alpha value is -2.42. The van der Waals surface area contributed by atoms with Gasteiger partial charge in [0.25, 0.3) is 5.91 Å². The van der Waals surface area contributed by atoms with Crippen molar-refractivity contribution in [2.24, 2.45) is 23.7 Å². The lowest BCUT2D eigenvalue weighted by Crippen LogP contribution is -2.59. The number of rotatable bonds is 9. The van der Waals surface area contributed by atoms with Crippen LogP contribution in [-0.4, -0.2) is 69.3 Å². The maximum absolute atomic E-state index is 14.6. The molecule has 7 atom stereocenters. The van der Waals surface area contributed by atoms with Crippen molar-refractivity contribution in [3.63, 3.8) is 0 Å². The number of anilines is 1. The zero-order valence-corrected chi connectivity index (χ0v) is 22.9. The molecule has 0 aromatic heterocycles. The molecule has 1 spiro atoms. The van der Waals surface area contributed by atoms with Gasteiger partial charge in [-0.2, -0.15) is 0 Å². The predicted molar refractivity (Wildman–Crippen MR) is 140 cm³/mol. The second kappa shape index (κ2) is 9.71. The molecule has 1 aromatic carbocycles. The summed E-state index contributed by atoms with van der Waals surface area (Å²) in [6.45, 7) is 13.0. The molecule has 3 fully saturated rings. The third-order valence-corrected chi connectivity index (χ3v) is 8.94. The highest BCUT2D eigenvalue weighted by atomic mass is 35.5. The highest BCUT2D eigenvalue weighted by Crippen LogP contribution is 2.65. The number of aryl methyl sites for hydroxylation is 1. The summed E-state index contributed by atoms with van der Waals surface area (Å²) >= 11 is 6.57. The predicted octanol–water partition coefficient (Wildman–Crippen LogP) is 3.67. The molecule has 0 radical (unpaired) electrons. The molecule has 3 heterocycles. The quantitative estimate of drug-likeness (QED) is 0.470. The summed E-state index contributed by atoms with van der Waals surface area (Å²) in [7, 11) is 0. The molecule has 37 heavy (non-hydrogen) atoms. The number of aliphatic hydroxyl groups excluding tert-OH is 1. The van der Waals surface area contributed by atoms with Crippen LogP contribution in [0.5, 0.6) is 0 Å². The maximum Gasteiger partial charge on any atom is 0.310 e. The number of carboxylic acid groups (broad SMARTS) is 1. The Bertz CT molecular complexity index is 1100. The fraction of sp³-hybridized carbons (Fsp3) is 0.607. The van der Waals surface area contributed by atoms with Crippen molar-refractivity contribution in [2.45, 2.75) is 70.7 Å². The van der Waals surface area contributed by atoms with Gasteiger partial charge in [-0.25, -0.2) is 0 Å². The zero-order valence-electron chi connectivity index (χ0n) is 22.1. The Balaban J connectivity index is 1.92. The number of amides is 2. The highest BCUT2D eigenvalue weighted by Gasteiger charge is 2.80. The van der Waals surface area contributed by atoms with Crippen LogP contribution in [0.4, 0.5) is 5.69 Å². The Morgan fingerprint density at radius 2 is 2.05 bits per heavy atom. The standard InChI is InChI=1S/C28H37ClN2O6/c1-7-11-30(22-16(4)9-8-10-19(22)29)25(34)23-28-13-17(5)27(6,37-28)21(26(35)36)20(28)24(33)31(23)18(14-32)12-15(2)3/h7-10,15,17-18,20-21,23,32H,1,11-14H2,2-6H3,(H,35,36)/t17?,18-,20+,21+,23?,27-,28?/m1/s1. The maximum atomic E-state index is 14.6. The van der Waals surface area contributed by atoms with Crippen LogP contribution in [0.3, 0.4) is 0 Å². The lowest BCUT2D eigenvalue weighted by Gasteiger charge is -2.40. The monoisotopic (exact) mass is 532 g/mol. The molecule has 0 saturated carbocycles. The highest BCUT2D eigenvalue weighted by molar-refractivity contribution is 6.34. The molecular weight excluding hydrogens is 496 g/mol. The smallest absolute Gasteiger partial charge is 0.310 e. The molecule has 9 heteroatoms. The van der Waals surface area contributed by atoms with Gasteiger partial charge < -0.3 is 24.7 Å². The number of carboxylic acids is 1. The number of aliphatic carboxylic acids is 1. The van der Waals surface area contributed by atoms with Crippen molar-refractivity contribution >= 4 is 35.1 Å². The lowest BCUT2D eigenvalue weighted by molar-refractivity contribution is -0.157. The van der Waals surface area contributed by atoms with E-state index < -0.39 is 52.9 Å². The number of likely N-dealkylation sites (tertiary alicyclic amines) is 1. The Kier molecular flexibility index (Phi) is 7.25. The minimum absolute atomic E-state index is 0.123. The molecular formula is C28H37ClN2O6. The molecule has 3 aliphatic rings. The van der Waals surface area contributed by atoms with Gasteiger partial charge in [0, 0.05) is 6.54 Å². The number of nitrogens with zero attached hydrogens (tertiary/aromatic N) is 2. The number of carbonyl (C=O) groups excluding carboxylic acids is 2.